The van der Waals surface area contributed by atoms with Crippen LogP contribution in [0, 0.1) is 18.6 Å². The maximum atomic E-state index is 13.7. The van der Waals surface area contributed by atoms with Crippen LogP contribution in [-0.4, -0.2) is 20.9 Å². The molecule has 28 heavy (non-hydrogen) atoms. The maximum Gasteiger partial charge on any atom is 0.274 e. The fourth-order valence-corrected chi connectivity index (χ4v) is 3.10. The highest BCUT2D eigenvalue weighted by Crippen LogP contribution is 2.27. The summed E-state index contributed by atoms with van der Waals surface area (Å²) in [6.07, 6.45) is -0.168. The predicted molar refractivity (Wildman–Crippen MR) is 96.3 cm³/mol. The zero-order chi connectivity index (χ0) is 19.7. The summed E-state index contributed by atoms with van der Waals surface area (Å²) in [6.45, 7) is 2.58. The van der Waals surface area contributed by atoms with Crippen molar-refractivity contribution >= 4 is 5.91 Å². The van der Waals surface area contributed by atoms with Crippen LogP contribution in [-0.2, 0) is 24.4 Å². The van der Waals surface area contributed by atoms with Gasteiger partial charge < -0.3 is 10.1 Å². The fourth-order valence-electron chi connectivity index (χ4n) is 3.10. The second kappa shape index (κ2) is 7.47. The second-order valence-corrected chi connectivity index (χ2v) is 6.70. The zero-order valence-electron chi connectivity index (χ0n) is 15.2. The van der Waals surface area contributed by atoms with Gasteiger partial charge in [0.1, 0.15) is 17.7 Å². The van der Waals surface area contributed by atoms with Crippen molar-refractivity contribution in [3.63, 3.8) is 0 Å². The molecule has 0 bridgehead atoms. The molecule has 8 heteroatoms. The van der Waals surface area contributed by atoms with Gasteiger partial charge in [0.15, 0.2) is 5.69 Å². The van der Waals surface area contributed by atoms with E-state index >= 15 is 0 Å². The first-order valence-electron chi connectivity index (χ1n) is 8.84. The Labute approximate surface area is 160 Å². The summed E-state index contributed by atoms with van der Waals surface area (Å²) in [4.78, 5) is 12.4. The number of carbonyl (C=O) groups excluding carboxylic acids is 1. The molecule has 1 amide bonds. The molecule has 0 fully saturated rings. The number of carbonyl (C=O) groups is 1. The number of amides is 1. The third-order valence-corrected chi connectivity index (χ3v) is 4.72. The number of nitrogens with zero attached hydrogens (tertiary/aromatic N) is 3. The third-order valence-electron chi connectivity index (χ3n) is 4.72. The molecule has 0 unspecified atom stereocenters. The molecule has 0 saturated carbocycles. The van der Waals surface area contributed by atoms with Crippen LogP contribution in [0.4, 0.5) is 8.78 Å². The molecule has 6 nitrogen and oxygen atoms in total. The number of rotatable bonds is 4. The molecular weight excluding hydrogens is 366 g/mol. The minimum absolute atomic E-state index is 0.0793. The molecule has 4 rings (SSSR count). The van der Waals surface area contributed by atoms with Gasteiger partial charge >= 0.3 is 0 Å². The van der Waals surface area contributed by atoms with E-state index in [0.717, 1.165) is 23.3 Å². The first kappa shape index (κ1) is 18.2. The smallest absolute Gasteiger partial charge is 0.274 e. The number of benzene rings is 2. The molecular formula is C20H18F2N4O2. The Hall–Kier alpha value is -3.13. The molecule has 0 saturated heterocycles. The molecule has 1 aromatic heterocycles. The van der Waals surface area contributed by atoms with E-state index in [9.17, 15) is 13.6 Å². The van der Waals surface area contributed by atoms with Crippen molar-refractivity contribution in [3.8, 4) is 0 Å². The fraction of sp³-hybridized carbons (Fsp3) is 0.250. The Morgan fingerprint density at radius 1 is 1.25 bits per heavy atom. The van der Waals surface area contributed by atoms with E-state index in [2.05, 4.69) is 15.6 Å². The van der Waals surface area contributed by atoms with Gasteiger partial charge in [0.05, 0.1) is 18.8 Å². The first-order chi connectivity index (χ1) is 13.5. The van der Waals surface area contributed by atoms with E-state index < -0.39 is 17.5 Å². The second-order valence-electron chi connectivity index (χ2n) is 6.70. The lowest BCUT2D eigenvalue weighted by Crippen LogP contribution is -2.27. The highest BCUT2D eigenvalue weighted by molar-refractivity contribution is 5.93. The van der Waals surface area contributed by atoms with Crippen molar-refractivity contribution in [1.82, 2.24) is 20.3 Å². The third kappa shape index (κ3) is 3.63. The Bertz CT molecular complexity index is 1020. The number of hydrogen-bond donors (Lipinski definition) is 1. The topological polar surface area (TPSA) is 69.0 Å². The molecule has 2 aromatic carbocycles. The Kier molecular flexibility index (Phi) is 4.87. The SMILES string of the molecule is Cc1ccc([C@H]2Cn3nnc(C(=O)NCc4ccc(F)cc4F)c3CO2)cc1. The summed E-state index contributed by atoms with van der Waals surface area (Å²) < 4.78 is 34.2. The van der Waals surface area contributed by atoms with Gasteiger partial charge in [0.25, 0.3) is 5.91 Å². The molecule has 1 atom stereocenters. The Morgan fingerprint density at radius 3 is 2.79 bits per heavy atom. The van der Waals surface area contributed by atoms with E-state index in [4.69, 9.17) is 4.74 Å². The summed E-state index contributed by atoms with van der Waals surface area (Å²) in [7, 11) is 0. The molecule has 2 heterocycles. The number of halogens is 2. The van der Waals surface area contributed by atoms with Crippen LogP contribution in [0.5, 0.6) is 0 Å². The number of nitrogens with one attached hydrogen (secondary N) is 1. The molecule has 1 aliphatic rings. The molecule has 3 aromatic rings. The van der Waals surface area contributed by atoms with E-state index in [1.165, 1.54) is 6.07 Å². The van der Waals surface area contributed by atoms with Crippen molar-refractivity contribution in [1.29, 1.82) is 0 Å². The van der Waals surface area contributed by atoms with Crippen LogP contribution in [0.15, 0.2) is 42.5 Å². The first-order valence-corrected chi connectivity index (χ1v) is 8.84. The molecule has 1 aliphatic heterocycles. The monoisotopic (exact) mass is 384 g/mol. The molecule has 0 radical (unpaired) electrons. The highest BCUT2D eigenvalue weighted by Gasteiger charge is 2.27. The molecule has 144 valence electrons. The van der Waals surface area contributed by atoms with Crippen molar-refractivity contribution in [2.45, 2.75) is 32.7 Å². The minimum atomic E-state index is -0.713. The average Bonchev–Trinajstić information content (AvgIpc) is 3.11. The lowest BCUT2D eigenvalue weighted by Gasteiger charge is -2.24. The van der Waals surface area contributed by atoms with Crippen molar-refractivity contribution in [2.75, 3.05) is 0 Å². The number of aryl methyl sites for hydroxylation is 1. The van der Waals surface area contributed by atoms with Crippen LogP contribution in [0.1, 0.15) is 39.0 Å². The quantitative estimate of drug-likeness (QED) is 0.751. The lowest BCUT2D eigenvalue weighted by atomic mass is 10.1. The Balaban J connectivity index is 1.45. The van der Waals surface area contributed by atoms with E-state index in [-0.39, 0.29) is 30.5 Å². The molecule has 0 spiro atoms. The minimum Gasteiger partial charge on any atom is -0.365 e. The van der Waals surface area contributed by atoms with E-state index in [1.807, 2.05) is 31.2 Å². The van der Waals surface area contributed by atoms with Crippen LogP contribution in [0.2, 0.25) is 0 Å². The summed E-state index contributed by atoms with van der Waals surface area (Å²) in [5, 5.41) is 10.6. The van der Waals surface area contributed by atoms with E-state index in [1.54, 1.807) is 4.68 Å². The van der Waals surface area contributed by atoms with Crippen molar-refractivity contribution < 1.29 is 18.3 Å². The average molecular weight is 384 g/mol. The van der Waals surface area contributed by atoms with Crippen LogP contribution >= 0.6 is 0 Å². The van der Waals surface area contributed by atoms with Crippen molar-refractivity contribution in [2.24, 2.45) is 0 Å². The van der Waals surface area contributed by atoms with Crippen LogP contribution in [0.25, 0.3) is 0 Å². The van der Waals surface area contributed by atoms with Gasteiger partial charge in [0.2, 0.25) is 0 Å². The predicted octanol–water partition coefficient (Wildman–Crippen LogP) is 3.07. The zero-order valence-corrected chi connectivity index (χ0v) is 15.2. The maximum absolute atomic E-state index is 13.7. The highest BCUT2D eigenvalue weighted by atomic mass is 19.1. The van der Waals surface area contributed by atoms with Gasteiger partial charge in [0, 0.05) is 18.2 Å². The molecule has 1 N–H and O–H groups in total. The number of aromatic nitrogens is 3. The van der Waals surface area contributed by atoms with Crippen molar-refractivity contribution in [3.05, 3.63) is 82.2 Å². The largest absolute Gasteiger partial charge is 0.365 e. The summed E-state index contributed by atoms with van der Waals surface area (Å²) in [5.74, 6) is -1.86. The standard InChI is InChI=1S/C20H18F2N4O2/c1-12-2-4-13(5-3-12)18-10-26-17(11-28-18)19(24-25-26)20(27)23-9-14-6-7-15(21)8-16(14)22/h2-8,18H,9-11H2,1H3,(H,23,27)/t18-/m1/s1. The summed E-state index contributed by atoms with van der Waals surface area (Å²) in [5.41, 5.74) is 3.10. The lowest BCUT2D eigenvalue weighted by molar-refractivity contribution is -0.00177. The van der Waals surface area contributed by atoms with Crippen LogP contribution < -0.4 is 5.32 Å². The summed E-state index contributed by atoms with van der Waals surface area (Å²) >= 11 is 0. The number of fused-ring (bicyclic) bond motifs is 1. The summed E-state index contributed by atoms with van der Waals surface area (Å²) in [6, 6.07) is 11.3. The van der Waals surface area contributed by atoms with Gasteiger partial charge in [-0.2, -0.15) is 0 Å². The Morgan fingerprint density at radius 2 is 2.04 bits per heavy atom. The van der Waals surface area contributed by atoms with Gasteiger partial charge in [-0.25, -0.2) is 13.5 Å². The van der Waals surface area contributed by atoms with Gasteiger partial charge in [-0.05, 0) is 18.6 Å². The molecule has 0 aliphatic carbocycles. The van der Waals surface area contributed by atoms with Gasteiger partial charge in [-0.15, -0.1) is 5.10 Å². The van der Waals surface area contributed by atoms with Crippen LogP contribution in [0.3, 0.4) is 0 Å². The number of hydrogen-bond acceptors (Lipinski definition) is 4. The normalized spacial score (nSPS) is 15.9. The number of ether oxygens (including phenoxy) is 1. The van der Waals surface area contributed by atoms with Gasteiger partial charge in [-0.1, -0.05) is 41.1 Å². The van der Waals surface area contributed by atoms with Gasteiger partial charge in [-0.3, -0.25) is 4.79 Å². The van der Waals surface area contributed by atoms with E-state index in [0.29, 0.717) is 12.2 Å².